The smallest absolute Gasteiger partial charge is 0.255 e. The quantitative estimate of drug-likeness (QED) is 0.517. The molecule has 3 rings (SSSR count). The molecule has 0 saturated heterocycles. The minimum absolute atomic E-state index is 0.289. The fourth-order valence-electron chi connectivity index (χ4n) is 2.57. The number of amides is 1. The number of aryl methyl sites for hydroxylation is 2. The summed E-state index contributed by atoms with van der Waals surface area (Å²) in [6.45, 7) is 3.97. The molecular weight excluding hydrogens is 448 g/mol. The summed E-state index contributed by atoms with van der Waals surface area (Å²) in [5, 5.41) is 7.13. The van der Waals surface area contributed by atoms with E-state index in [9.17, 15) is 4.79 Å². The molecule has 0 fully saturated rings. The molecule has 1 amide bonds. The van der Waals surface area contributed by atoms with Gasteiger partial charge in [-0.2, -0.15) is 0 Å². The van der Waals surface area contributed by atoms with Gasteiger partial charge in [0.1, 0.15) is 12.4 Å². The Hall–Kier alpha value is -2.51. The van der Waals surface area contributed by atoms with Crippen LogP contribution in [0.5, 0.6) is 11.5 Å². The topological polar surface area (TPSA) is 73.6 Å². The van der Waals surface area contributed by atoms with Crippen LogP contribution in [0, 0.1) is 13.8 Å². The standard InChI is InChI=1S/C20H18BrClN2O4/c1-11-15(12(2)28-24-11)10-27-18-7-4-13(8-19(18)26-3)20(25)23-17-6-5-14(21)9-16(17)22/h4-9H,10H2,1-3H3,(H,23,25). The number of nitrogens with one attached hydrogen (secondary N) is 1. The second-order valence-electron chi connectivity index (χ2n) is 6.04. The predicted octanol–water partition coefficient (Wildman–Crippen LogP) is 5.55. The molecule has 0 radical (unpaired) electrons. The van der Waals surface area contributed by atoms with Crippen LogP contribution < -0.4 is 14.8 Å². The Morgan fingerprint density at radius 1 is 1.21 bits per heavy atom. The number of carbonyl (C=O) groups excluding carboxylic acids is 1. The lowest BCUT2D eigenvalue weighted by molar-refractivity contribution is 0.102. The number of halogens is 2. The van der Waals surface area contributed by atoms with Gasteiger partial charge in [-0.3, -0.25) is 4.79 Å². The number of nitrogens with zero attached hydrogens (tertiary/aromatic N) is 1. The van der Waals surface area contributed by atoms with Crippen LogP contribution in [-0.2, 0) is 6.61 Å². The minimum atomic E-state index is -0.306. The van der Waals surface area contributed by atoms with Gasteiger partial charge >= 0.3 is 0 Å². The number of aromatic nitrogens is 1. The van der Waals surface area contributed by atoms with Crippen molar-refractivity contribution in [3.8, 4) is 11.5 Å². The molecule has 6 nitrogen and oxygen atoms in total. The van der Waals surface area contributed by atoms with E-state index in [1.165, 1.54) is 7.11 Å². The number of anilines is 1. The maximum atomic E-state index is 12.6. The van der Waals surface area contributed by atoms with Gasteiger partial charge in [-0.15, -0.1) is 0 Å². The SMILES string of the molecule is COc1cc(C(=O)Nc2ccc(Br)cc2Cl)ccc1OCc1c(C)noc1C. The molecule has 1 aromatic heterocycles. The molecule has 8 heteroatoms. The zero-order valence-corrected chi connectivity index (χ0v) is 17.8. The third kappa shape index (κ3) is 4.48. The van der Waals surface area contributed by atoms with Crippen molar-refractivity contribution in [3.63, 3.8) is 0 Å². The number of ether oxygens (including phenoxy) is 2. The van der Waals surface area contributed by atoms with Crippen LogP contribution in [0.2, 0.25) is 5.02 Å². The van der Waals surface area contributed by atoms with Crippen LogP contribution in [0.1, 0.15) is 27.4 Å². The zero-order chi connectivity index (χ0) is 20.3. The molecule has 0 aliphatic heterocycles. The van der Waals surface area contributed by atoms with E-state index in [0.717, 1.165) is 15.7 Å². The Balaban J connectivity index is 1.75. The van der Waals surface area contributed by atoms with E-state index >= 15 is 0 Å². The second-order valence-corrected chi connectivity index (χ2v) is 7.36. The fraction of sp³-hybridized carbons (Fsp3) is 0.200. The second kappa shape index (κ2) is 8.67. The first-order valence-corrected chi connectivity index (χ1v) is 9.55. The minimum Gasteiger partial charge on any atom is -0.493 e. The number of methoxy groups -OCH3 is 1. The van der Waals surface area contributed by atoms with Crippen molar-refractivity contribution in [1.82, 2.24) is 5.16 Å². The van der Waals surface area contributed by atoms with Crippen LogP contribution in [-0.4, -0.2) is 18.2 Å². The molecule has 0 unspecified atom stereocenters. The van der Waals surface area contributed by atoms with Gasteiger partial charge in [0.25, 0.3) is 5.91 Å². The summed E-state index contributed by atoms with van der Waals surface area (Å²) < 4.78 is 17.2. The zero-order valence-electron chi connectivity index (χ0n) is 15.5. The van der Waals surface area contributed by atoms with E-state index in [1.807, 2.05) is 13.8 Å². The molecule has 0 bridgehead atoms. The van der Waals surface area contributed by atoms with E-state index in [0.29, 0.717) is 33.5 Å². The van der Waals surface area contributed by atoms with Gasteiger partial charge in [0.15, 0.2) is 11.5 Å². The van der Waals surface area contributed by atoms with E-state index < -0.39 is 0 Å². The monoisotopic (exact) mass is 464 g/mol. The third-order valence-corrected chi connectivity index (χ3v) is 4.96. The summed E-state index contributed by atoms with van der Waals surface area (Å²) in [7, 11) is 1.52. The lowest BCUT2D eigenvalue weighted by Crippen LogP contribution is -2.12. The van der Waals surface area contributed by atoms with Crippen LogP contribution in [0.3, 0.4) is 0 Å². The summed E-state index contributed by atoms with van der Waals surface area (Å²) >= 11 is 9.49. The van der Waals surface area contributed by atoms with E-state index in [-0.39, 0.29) is 12.5 Å². The summed E-state index contributed by atoms with van der Waals surface area (Å²) in [5.41, 5.74) is 2.60. The number of hydrogen-bond acceptors (Lipinski definition) is 5. The molecule has 0 saturated carbocycles. The van der Waals surface area contributed by atoms with Crippen LogP contribution >= 0.6 is 27.5 Å². The molecule has 0 aliphatic carbocycles. The number of rotatable bonds is 6. The van der Waals surface area contributed by atoms with Crippen molar-refractivity contribution in [2.24, 2.45) is 0 Å². The number of carbonyl (C=O) groups is 1. The first-order chi connectivity index (χ1) is 13.4. The summed E-state index contributed by atoms with van der Waals surface area (Å²) in [6, 6.07) is 10.2. The highest BCUT2D eigenvalue weighted by atomic mass is 79.9. The van der Waals surface area contributed by atoms with Gasteiger partial charge in [-0.05, 0) is 50.2 Å². The third-order valence-electron chi connectivity index (χ3n) is 4.16. The Kier molecular flexibility index (Phi) is 6.26. The molecule has 3 aromatic rings. The van der Waals surface area contributed by atoms with Crippen LogP contribution in [0.25, 0.3) is 0 Å². The predicted molar refractivity (Wildman–Crippen MR) is 110 cm³/mol. The molecule has 146 valence electrons. The van der Waals surface area contributed by atoms with E-state index in [4.69, 9.17) is 25.6 Å². The lowest BCUT2D eigenvalue weighted by atomic mass is 10.1. The molecule has 28 heavy (non-hydrogen) atoms. The Bertz CT molecular complexity index is 1000. The Morgan fingerprint density at radius 3 is 2.64 bits per heavy atom. The van der Waals surface area contributed by atoms with E-state index in [1.54, 1.807) is 36.4 Å². The average Bonchev–Trinajstić information content (AvgIpc) is 3.00. The Morgan fingerprint density at radius 2 is 2.00 bits per heavy atom. The Labute approximate surface area is 175 Å². The van der Waals surface area contributed by atoms with Crippen LogP contribution in [0.15, 0.2) is 45.4 Å². The van der Waals surface area contributed by atoms with Gasteiger partial charge in [0, 0.05) is 10.0 Å². The molecule has 0 atom stereocenters. The number of benzene rings is 2. The number of hydrogen-bond donors (Lipinski definition) is 1. The first kappa shape index (κ1) is 20.2. The molecule has 0 spiro atoms. The van der Waals surface area contributed by atoms with Crippen molar-refractivity contribution >= 4 is 39.1 Å². The lowest BCUT2D eigenvalue weighted by Gasteiger charge is -2.13. The maximum absolute atomic E-state index is 12.6. The summed E-state index contributed by atoms with van der Waals surface area (Å²) in [4.78, 5) is 12.6. The van der Waals surface area contributed by atoms with Gasteiger partial charge < -0.3 is 19.3 Å². The van der Waals surface area contributed by atoms with Crippen molar-refractivity contribution in [2.45, 2.75) is 20.5 Å². The van der Waals surface area contributed by atoms with Crippen molar-refractivity contribution < 1.29 is 18.8 Å². The highest BCUT2D eigenvalue weighted by Gasteiger charge is 2.15. The normalized spacial score (nSPS) is 10.6. The van der Waals surface area contributed by atoms with Gasteiger partial charge in [-0.25, -0.2) is 0 Å². The molecule has 1 heterocycles. The van der Waals surface area contributed by atoms with Crippen molar-refractivity contribution in [1.29, 1.82) is 0 Å². The average molecular weight is 466 g/mol. The highest BCUT2D eigenvalue weighted by Crippen LogP contribution is 2.31. The molecular formula is C20H18BrClN2O4. The fourth-order valence-corrected chi connectivity index (χ4v) is 3.29. The van der Waals surface area contributed by atoms with Gasteiger partial charge in [-0.1, -0.05) is 32.7 Å². The van der Waals surface area contributed by atoms with Crippen molar-refractivity contribution in [2.75, 3.05) is 12.4 Å². The largest absolute Gasteiger partial charge is 0.493 e. The summed E-state index contributed by atoms with van der Waals surface area (Å²) in [6.07, 6.45) is 0. The molecule has 0 aliphatic rings. The van der Waals surface area contributed by atoms with Gasteiger partial charge in [0.2, 0.25) is 0 Å². The summed E-state index contributed by atoms with van der Waals surface area (Å²) in [5.74, 6) is 1.36. The van der Waals surface area contributed by atoms with Crippen molar-refractivity contribution in [3.05, 3.63) is 68.5 Å². The van der Waals surface area contributed by atoms with E-state index in [2.05, 4.69) is 26.4 Å². The maximum Gasteiger partial charge on any atom is 0.255 e. The molecule has 2 aromatic carbocycles. The highest BCUT2D eigenvalue weighted by molar-refractivity contribution is 9.10. The first-order valence-electron chi connectivity index (χ1n) is 8.38. The van der Waals surface area contributed by atoms with Crippen LogP contribution in [0.4, 0.5) is 5.69 Å². The van der Waals surface area contributed by atoms with Gasteiger partial charge in [0.05, 0.1) is 29.1 Å². The molecule has 1 N–H and O–H groups in total.